The van der Waals surface area contributed by atoms with Crippen molar-refractivity contribution < 1.29 is 0 Å². The summed E-state index contributed by atoms with van der Waals surface area (Å²) in [4.78, 5) is 2.26. The molecule has 6 nitrogen and oxygen atoms in total. The number of allylic oxidation sites excluding steroid dienone is 2. The molecule has 0 radical (unpaired) electrons. The predicted octanol–water partition coefficient (Wildman–Crippen LogP) is 14.9. The maximum Gasteiger partial charge on any atom is 0.106 e. The quantitative estimate of drug-likeness (QED) is 0.143. The van der Waals surface area contributed by atoms with Crippen LogP contribution in [-0.4, -0.2) is 13.7 Å². The van der Waals surface area contributed by atoms with E-state index in [1.165, 1.54) is 11.3 Å². The van der Waals surface area contributed by atoms with Gasteiger partial charge in [0, 0.05) is 67.7 Å². The summed E-state index contributed by atoms with van der Waals surface area (Å²) < 4.78 is 6.62. The summed E-state index contributed by atoms with van der Waals surface area (Å²) in [6.07, 6.45) is 13.1. The SMILES string of the molecule is C=Cc1c(/C=C\C)c2c3c4c(n(-c5ccccc5)c3ccc2n1-c1cc(C#N)c(-n2c3c(c5cc(N(c6ccccc6)c6ccccc6)ccc52)-c2ccccc2CC#C3)cc1C#N)CCC=C4. The second-order valence-corrected chi connectivity index (χ2v) is 17.2. The topological polar surface area (TPSA) is 65.6 Å². The zero-order chi connectivity index (χ0) is 45.9. The van der Waals surface area contributed by atoms with Crippen molar-refractivity contribution in [3.8, 4) is 52.2 Å². The van der Waals surface area contributed by atoms with Crippen molar-refractivity contribution in [2.75, 3.05) is 4.90 Å². The number of nitriles is 2. The van der Waals surface area contributed by atoms with E-state index in [4.69, 9.17) is 0 Å². The van der Waals surface area contributed by atoms with E-state index < -0.39 is 0 Å². The molecule has 10 aromatic rings. The molecule has 0 fully saturated rings. The minimum absolute atomic E-state index is 0.415. The highest BCUT2D eigenvalue weighted by Crippen LogP contribution is 2.46. The zero-order valence-electron chi connectivity index (χ0n) is 37.4. The van der Waals surface area contributed by atoms with Crippen LogP contribution >= 0.6 is 0 Å². The Hall–Kier alpha value is -9.28. The first kappa shape index (κ1) is 40.2. The number of nitrogens with zero attached hydrogens (tertiary/aromatic N) is 6. The normalized spacial score (nSPS) is 12.5. The molecule has 2 aliphatic carbocycles. The number of anilines is 3. The predicted molar refractivity (Wildman–Crippen MR) is 279 cm³/mol. The van der Waals surface area contributed by atoms with Gasteiger partial charge in [-0.25, -0.2) is 0 Å². The number of hydrogen-bond donors (Lipinski definition) is 0. The smallest absolute Gasteiger partial charge is 0.106 e. The minimum Gasteiger partial charge on any atom is -0.313 e. The summed E-state index contributed by atoms with van der Waals surface area (Å²) in [6.45, 7) is 6.38. The number of benzene rings is 7. The molecule has 0 unspecified atom stereocenters. The van der Waals surface area contributed by atoms with Gasteiger partial charge in [-0.15, -0.1) is 0 Å². The highest BCUT2D eigenvalue weighted by atomic mass is 15.1. The van der Waals surface area contributed by atoms with E-state index in [0.29, 0.717) is 28.9 Å². The third-order valence-corrected chi connectivity index (χ3v) is 13.5. The molecule has 0 amide bonds. The molecule has 7 aromatic carbocycles. The number of fused-ring (bicyclic) bond motifs is 10. The van der Waals surface area contributed by atoms with Gasteiger partial charge >= 0.3 is 0 Å². The van der Waals surface area contributed by atoms with E-state index in [1.54, 1.807) is 0 Å². The first-order chi connectivity index (χ1) is 33.6. The molecule has 0 saturated carbocycles. The van der Waals surface area contributed by atoms with Gasteiger partial charge in [-0.2, -0.15) is 10.5 Å². The first-order valence-corrected chi connectivity index (χ1v) is 23.0. The lowest BCUT2D eigenvalue weighted by Gasteiger charge is -2.25. The Morgan fingerprint density at radius 1 is 0.662 bits per heavy atom. The summed E-state index contributed by atoms with van der Waals surface area (Å²) in [5.74, 6) is 7.03. The molecule has 0 bridgehead atoms. The van der Waals surface area contributed by atoms with Crippen molar-refractivity contribution >= 4 is 68.0 Å². The third-order valence-electron chi connectivity index (χ3n) is 13.5. The number of rotatable bonds is 8. The highest BCUT2D eigenvalue weighted by molar-refractivity contribution is 6.16. The average Bonchev–Trinajstić information content (AvgIpc) is 3.96. The van der Waals surface area contributed by atoms with Crippen molar-refractivity contribution in [3.05, 3.63) is 221 Å². The van der Waals surface area contributed by atoms with Gasteiger partial charge in [0.15, 0.2) is 0 Å². The van der Waals surface area contributed by atoms with Gasteiger partial charge in [-0.3, -0.25) is 0 Å². The molecule has 68 heavy (non-hydrogen) atoms. The fourth-order valence-corrected chi connectivity index (χ4v) is 10.7. The Morgan fingerprint density at radius 3 is 1.97 bits per heavy atom. The summed E-state index contributed by atoms with van der Waals surface area (Å²) in [7, 11) is 0. The van der Waals surface area contributed by atoms with Gasteiger partial charge in [0.1, 0.15) is 17.8 Å². The lowest BCUT2D eigenvalue weighted by Crippen LogP contribution is -2.09. The summed E-state index contributed by atoms with van der Waals surface area (Å²) >= 11 is 0. The maximum absolute atomic E-state index is 11.3. The fourth-order valence-electron chi connectivity index (χ4n) is 10.7. The van der Waals surface area contributed by atoms with Crippen LogP contribution < -0.4 is 4.90 Å². The zero-order valence-corrected chi connectivity index (χ0v) is 37.4. The van der Waals surface area contributed by atoms with Gasteiger partial charge in [-0.1, -0.05) is 116 Å². The molecule has 0 atom stereocenters. The van der Waals surface area contributed by atoms with Crippen LogP contribution in [0.3, 0.4) is 0 Å². The maximum atomic E-state index is 11.3. The molecule has 320 valence electrons. The van der Waals surface area contributed by atoms with Gasteiger partial charge in [0.2, 0.25) is 0 Å². The standard InChI is InChI=1S/C62H42N6/c1-3-19-49-52(4-2)67(57-35-34-56-62(61(49)57)50-29-16-17-30-53(50)66(56)46-26-12-7-13-27-46)58-36-43(40-64)59(37-42(58)39-63)68-54-33-32-47(65(44-22-8-5-9-23-44)45-24-10-6-11-25-45)38-51(54)60-48-28-15-14-20-41(48)21-18-31-55(60)68/h3-16,19-20,22-29,32-38H,2,17,21,30H2,1H3/b19-3-. The average molecular weight is 871 g/mol. The molecule has 2 aliphatic rings. The lowest BCUT2D eigenvalue weighted by molar-refractivity contribution is 0.888. The van der Waals surface area contributed by atoms with E-state index in [2.05, 4.69) is 207 Å². The molecular formula is C62H42N6. The molecule has 12 rings (SSSR count). The number of hydrogen-bond acceptors (Lipinski definition) is 3. The van der Waals surface area contributed by atoms with E-state index in [-0.39, 0.29) is 0 Å². The van der Waals surface area contributed by atoms with Crippen molar-refractivity contribution in [2.24, 2.45) is 0 Å². The van der Waals surface area contributed by atoms with Crippen LogP contribution in [0.1, 0.15) is 58.2 Å². The van der Waals surface area contributed by atoms with E-state index in [1.807, 2.05) is 37.3 Å². The molecule has 6 heteroatoms. The fraction of sp³-hybridized carbons (Fsp3) is 0.0645. The number of aromatic nitrogens is 3. The summed E-state index contributed by atoms with van der Waals surface area (Å²) in [5.41, 5.74) is 17.5. The second kappa shape index (κ2) is 16.3. The molecule has 0 saturated heterocycles. The minimum atomic E-state index is 0.415. The van der Waals surface area contributed by atoms with Crippen LogP contribution in [-0.2, 0) is 12.8 Å². The Balaban J connectivity index is 1.12. The Bertz CT molecular complexity index is 3890. The Kier molecular flexibility index (Phi) is 9.65. The lowest BCUT2D eigenvalue weighted by atomic mass is 9.96. The molecule has 3 heterocycles. The summed E-state index contributed by atoms with van der Waals surface area (Å²) in [5, 5.41) is 25.8. The van der Waals surface area contributed by atoms with E-state index in [0.717, 1.165) is 102 Å². The monoisotopic (exact) mass is 870 g/mol. The molecule has 0 aliphatic heterocycles. The highest BCUT2D eigenvalue weighted by Gasteiger charge is 2.29. The number of para-hydroxylation sites is 3. The molecular weight excluding hydrogens is 829 g/mol. The molecule has 3 aromatic heterocycles. The van der Waals surface area contributed by atoms with Gasteiger partial charge in [0.25, 0.3) is 0 Å². The Labute approximate surface area is 395 Å². The summed E-state index contributed by atoms with van der Waals surface area (Å²) in [6, 6.07) is 59.6. The van der Waals surface area contributed by atoms with Crippen molar-refractivity contribution in [1.29, 1.82) is 10.5 Å². The van der Waals surface area contributed by atoms with Gasteiger partial charge < -0.3 is 18.6 Å². The first-order valence-electron chi connectivity index (χ1n) is 23.0. The van der Waals surface area contributed by atoms with Crippen molar-refractivity contribution in [3.63, 3.8) is 0 Å². The Morgan fingerprint density at radius 2 is 1.29 bits per heavy atom. The molecule has 0 spiro atoms. The van der Waals surface area contributed by atoms with Gasteiger partial charge in [-0.05, 0) is 122 Å². The third kappa shape index (κ3) is 6.11. The second-order valence-electron chi connectivity index (χ2n) is 17.2. The van der Waals surface area contributed by atoms with E-state index in [9.17, 15) is 10.5 Å². The van der Waals surface area contributed by atoms with Crippen LogP contribution in [0.2, 0.25) is 0 Å². The van der Waals surface area contributed by atoms with Gasteiger partial charge in [0.05, 0.1) is 44.7 Å². The van der Waals surface area contributed by atoms with Crippen molar-refractivity contribution in [2.45, 2.75) is 26.2 Å². The van der Waals surface area contributed by atoms with Crippen LogP contribution in [0.15, 0.2) is 176 Å². The van der Waals surface area contributed by atoms with Crippen LogP contribution in [0.25, 0.3) is 79.1 Å². The molecule has 0 N–H and O–H groups in total. The van der Waals surface area contributed by atoms with Crippen molar-refractivity contribution in [1.82, 2.24) is 13.7 Å². The largest absolute Gasteiger partial charge is 0.313 e. The van der Waals surface area contributed by atoms with Crippen LogP contribution in [0.5, 0.6) is 0 Å². The van der Waals surface area contributed by atoms with Crippen LogP contribution in [0, 0.1) is 34.5 Å². The van der Waals surface area contributed by atoms with Crippen LogP contribution in [0.4, 0.5) is 17.1 Å². The van der Waals surface area contributed by atoms with E-state index >= 15 is 0 Å².